The topological polar surface area (TPSA) is 37.8 Å². The summed E-state index contributed by atoms with van der Waals surface area (Å²) in [5.74, 6) is 0. The van der Waals surface area contributed by atoms with Crippen LogP contribution in [-0.4, -0.2) is 17.2 Å². The summed E-state index contributed by atoms with van der Waals surface area (Å²) in [4.78, 5) is 0. The van der Waals surface area contributed by atoms with Crippen LogP contribution in [0.15, 0.2) is 24.3 Å². The number of nitrogens with one attached hydrogen (secondary N) is 1. The second kappa shape index (κ2) is 4.51. The summed E-state index contributed by atoms with van der Waals surface area (Å²) in [6.45, 7) is 2.86. The number of hydrogen-bond donors (Lipinski definition) is 1. The van der Waals surface area contributed by atoms with Crippen molar-refractivity contribution in [3.63, 3.8) is 0 Å². The van der Waals surface area contributed by atoms with E-state index in [-0.39, 0.29) is 0 Å². The Hall–Kier alpha value is -1.26. The van der Waals surface area contributed by atoms with Crippen LogP contribution in [0.5, 0.6) is 0 Å². The zero-order valence-corrected chi connectivity index (χ0v) is 9.64. The first-order valence-electron chi connectivity index (χ1n) is 4.83. The van der Waals surface area contributed by atoms with Crippen LogP contribution in [0.1, 0.15) is 10.6 Å². The number of hydrogen-bond acceptors (Lipinski definition) is 4. The molecule has 0 aliphatic heterocycles. The molecule has 0 aliphatic carbocycles. The van der Waals surface area contributed by atoms with Gasteiger partial charge in [0.2, 0.25) is 0 Å². The predicted molar refractivity (Wildman–Crippen MR) is 62.8 cm³/mol. The van der Waals surface area contributed by atoms with Crippen molar-refractivity contribution in [3.8, 4) is 10.6 Å². The van der Waals surface area contributed by atoms with Crippen molar-refractivity contribution < 1.29 is 0 Å². The van der Waals surface area contributed by atoms with Gasteiger partial charge in [-0.3, -0.25) is 0 Å². The van der Waals surface area contributed by atoms with Crippen molar-refractivity contribution in [1.82, 2.24) is 15.5 Å². The van der Waals surface area contributed by atoms with Crippen LogP contribution in [0.2, 0.25) is 0 Å². The fourth-order valence-corrected chi connectivity index (χ4v) is 2.22. The molecule has 3 nitrogen and oxygen atoms in total. The minimum Gasteiger partial charge on any atom is -0.313 e. The summed E-state index contributed by atoms with van der Waals surface area (Å²) in [6.07, 6.45) is 0. The molecule has 0 saturated heterocycles. The zero-order valence-electron chi connectivity index (χ0n) is 8.82. The third kappa shape index (κ3) is 2.40. The lowest BCUT2D eigenvalue weighted by molar-refractivity contribution is 0.795. The highest BCUT2D eigenvalue weighted by Gasteiger charge is 2.05. The Balaban J connectivity index is 2.29. The Bertz CT molecular complexity index is 451. The highest BCUT2D eigenvalue weighted by atomic mass is 32.1. The van der Waals surface area contributed by atoms with Crippen LogP contribution in [-0.2, 0) is 6.54 Å². The summed E-state index contributed by atoms with van der Waals surface area (Å²) in [7, 11) is 1.91. The largest absolute Gasteiger partial charge is 0.313 e. The molecule has 0 radical (unpaired) electrons. The molecule has 0 aliphatic rings. The maximum absolute atomic E-state index is 4.17. The van der Waals surface area contributed by atoms with Gasteiger partial charge in [-0.25, -0.2) is 0 Å². The average Bonchev–Trinajstić information content (AvgIpc) is 2.67. The third-order valence-electron chi connectivity index (χ3n) is 2.06. The summed E-state index contributed by atoms with van der Waals surface area (Å²) >= 11 is 1.63. The molecule has 0 amide bonds. The van der Waals surface area contributed by atoms with Gasteiger partial charge in [-0.1, -0.05) is 35.1 Å². The number of rotatable bonds is 3. The van der Waals surface area contributed by atoms with Crippen molar-refractivity contribution in [3.05, 3.63) is 34.8 Å². The van der Waals surface area contributed by atoms with Crippen LogP contribution in [0.3, 0.4) is 0 Å². The summed E-state index contributed by atoms with van der Waals surface area (Å²) in [5.41, 5.74) is 2.40. The van der Waals surface area contributed by atoms with Crippen molar-refractivity contribution in [2.75, 3.05) is 7.05 Å². The van der Waals surface area contributed by atoms with Gasteiger partial charge in [0.25, 0.3) is 0 Å². The first kappa shape index (κ1) is 10.3. The van der Waals surface area contributed by atoms with Gasteiger partial charge in [-0.05, 0) is 20.0 Å². The van der Waals surface area contributed by atoms with Gasteiger partial charge in [-0.15, -0.1) is 10.2 Å². The quantitative estimate of drug-likeness (QED) is 0.860. The minimum absolute atomic E-state index is 0.781. The Labute approximate surface area is 93.2 Å². The van der Waals surface area contributed by atoms with E-state index in [0.29, 0.717) is 0 Å². The molecule has 1 heterocycles. The number of benzene rings is 1. The smallest absolute Gasteiger partial charge is 0.147 e. The maximum atomic E-state index is 4.17. The Kier molecular flexibility index (Phi) is 3.08. The normalized spacial score (nSPS) is 10.5. The fourth-order valence-electron chi connectivity index (χ4n) is 1.37. The lowest BCUT2D eigenvalue weighted by Gasteiger charge is -1.96. The molecule has 2 aromatic rings. The summed E-state index contributed by atoms with van der Waals surface area (Å²) in [6, 6.07) is 8.32. The first-order valence-corrected chi connectivity index (χ1v) is 5.65. The van der Waals surface area contributed by atoms with Gasteiger partial charge in [0.15, 0.2) is 0 Å². The Morgan fingerprint density at radius 2 is 2.20 bits per heavy atom. The second-order valence-corrected chi connectivity index (χ2v) is 4.46. The van der Waals surface area contributed by atoms with Gasteiger partial charge < -0.3 is 5.32 Å². The summed E-state index contributed by atoms with van der Waals surface area (Å²) in [5, 5.41) is 13.4. The standard InChI is InChI=1S/C11H13N3S/c1-8-4-3-5-9(6-8)11-14-13-10(15-11)7-12-2/h3-6,12H,7H2,1-2H3. The average molecular weight is 219 g/mol. The number of nitrogens with zero attached hydrogens (tertiary/aromatic N) is 2. The van der Waals surface area contributed by atoms with E-state index < -0.39 is 0 Å². The van der Waals surface area contributed by atoms with E-state index in [4.69, 9.17) is 0 Å². The Morgan fingerprint density at radius 1 is 1.33 bits per heavy atom. The van der Waals surface area contributed by atoms with Gasteiger partial charge in [0.05, 0.1) is 0 Å². The van der Waals surface area contributed by atoms with Crippen LogP contribution in [0.25, 0.3) is 10.6 Å². The number of aromatic nitrogens is 2. The van der Waals surface area contributed by atoms with Crippen LogP contribution >= 0.6 is 11.3 Å². The third-order valence-corrected chi connectivity index (χ3v) is 3.03. The van der Waals surface area contributed by atoms with Gasteiger partial charge >= 0.3 is 0 Å². The molecule has 0 bridgehead atoms. The molecule has 0 atom stereocenters. The molecule has 0 fully saturated rings. The lowest BCUT2D eigenvalue weighted by atomic mass is 10.1. The van der Waals surface area contributed by atoms with Crippen molar-refractivity contribution >= 4 is 11.3 Å². The van der Waals surface area contributed by atoms with E-state index in [1.54, 1.807) is 11.3 Å². The molecular weight excluding hydrogens is 206 g/mol. The molecule has 0 unspecified atom stereocenters. The lowest BCUT2D eigenvalue weighted by Crippen LogP contribution is -2.04. The highest BCUT2D eigenvalue weighted by molar-refractivity contribution is 7.14. The van der Waals surface area contributed by atoms with Crippen molar-refractivity contribution in [2.45, 2.75) is 13.5 Å². The van der Waals surface area contributed by atoms with Crippen molar-refractivity contribution in [2.24, 2.45) is 0 Å². The maximum Gasteiger partial charge on any atom is 0.147 e. The van der Waals surface area contributed by atoms with E-state index in [2.05, 4.69) is 40.6 Å². The van der Waals surface area contributed by atoms with Crippen LogP contribution < -0.4 is 5.32 Å². The molecule has 1 N–H and O–H groups in total. The van der Waals surface area contributed by atoms with E-state index in [9.17, 15) is 0 Å². The van der Waals surface area contributed by atoms with E-state index in [1.165, 1.54) is 5.56 Å². The molecule has 1 aromatic heterocycles. The molecule has 2 rings (SSSR count). The van der Waals surface area contributed by atoms with Gasteiger partial charge in [-0.2, -0.15) is 0 Å². The van der Waals surface area contributed by atoms with Crippen molar-refractivity contribution in [1.29, 1.82) is 0 Å². The molecular formula is C11H13N3S. The number of aryl methyl sites for hydroxylation is 1. The molecule has 15 heavy (non-hydrogen) atoms. The predicted octanol–water partition coefficient (Wildman–Crippen LogP) is 2.23. The minimum atomic E-state index is 0.781. The zero-order chi connectivity index (χ0) is 10.7. The SMILES string of the molecule is CNCc1nnc(-c2cccc(C)c2)s1. The fraction of sp³-hybridized carbons (Fsp3) is 0.273. The van der Waals surface area contributed by atoms with Crippen LogP contribution in [0.4, 0.5) is 0 Å². The summed E-state index contributed by atoms with van der Waals surface area (Å²) < 4.78 is 0. The van der Waals surface area contributed by atoms with Gasteiger partial charge in [0.1, 0.15) is 10.0 Å². The molecule has 4 heteroatoms. The highest BCUT2D eigenvalue weighted by Crippen LogP contribution is 2.23. The van der Waals surface area contributed by atoms with Gasteiger partial charge in [0, 0.05) is 12.1 Å². The van der Waals surface area contributed by atoms with E-state index in [1.807, 2.05) is 13.1 Å². The molecule has 0 saturated carbocycles. The monoisotopic (exact) mass is 219 g/mol. The Morgan fingerprint density at radius 3 is 2.93 bits per heavy atom. The van der Waals surface area contributed by atoms with Crippen LogP contribution in [0, 0.1) is 6.92 Å². The molecule has 78 valence electrons. The molecule has 1 aromatic carbocycles. The van der Waals surface area contributed by atoms with E-state index >= 15 is 0 Å². The van der Waals surface area contributed by atoms with E-state index in [0.717, 1.165) is 22.1 Å². The second-order valence-electron chi connectivity index (χ2n) is 3.40. The molecule has 0 spiro atoms. The first-order chi connectivity index (χ1) is 7.29.